The van der Waals surface area contributed by atoms with E-state index in [1.807, 2.05) is 13.8 Å². The maximum Gasteiger partial charge on any atom is 0.261 e. The third kappa shape index (κ3) is 9.27. The minimum absolute atomic E-state index is 0.00232. The second-order valence-electron chi connectivity index (χ2n) is 12.2. The molecule has 3 aromatic rings. The Bertz CT molecular complexity index is 1770. The van der Waals surface area contributed by atoms with Crippen molar-refractivity contribution in [3.8, 4) is 5.75 Å². The van der Waals surface area contributed by atoms with Gasteiger partial charge in [-0.25, -0.2) is 21.8 Å². The third-order valence-corrected chi connectivity index (χ3v) is 11.6. The standard InChI is InChI=1S/C32H44ClN5O8S2/c1-22-17-38(23(2)20-39)32(40)28-16-26(35-47(41,42)27-12-9-25(33)10-13-27)11-14-29(28)46-24(3)8-6-7-15-45-30(22)18-37(5)48(43,44)31-19-36(4)21-34-31/h9-14,16,19,21-24,30,35,39H,6-8,15,17-18,20H2,1-5H3/t22-,23+,24+,30-/m0/s1. The second-order valence-corrected chi connectivity index (χ2v) is 16.3. The molecular formula is C32H44ClN5O8S2. The number of aromatic nitrogens is 2. The van der Waals surface area contributed by atoms with Gasteiger partial charge < -0.3 is 24.0 Å². The predicted octanol–water partition coefficient (Wildman–Crippen LogP) is 3.99. The molecule has 0 bridgehead atoms. The molecule has 2 heterocycles. The van der Waals surface area contributed by atoms with Crippen LogP contribution in [0.3, 0.4) is 0 Å². The Hall–Kier alpha value is -3.21. The van der Waals surface area contributed by atoms with Crippen LogP contribution in [0.1, 0.15) is 50.4 Å². The number of ether oxygens (including phenoxy) is 2. The number of amides is 1. The molecule has 0 radical (unpaired) electrons. The van der Waals surface area contributed by atoms with E-state index in [2.05, 4.69) is 9.71 Å². The molecule has 1 amide bonds. The zero-order valence-electron chi connectivity index (χ0n) is 27.7. The van der Waals surface area contributed by atoms with E-state index in [-0.39, 0.29) is 58.6 Å². The molecule has 0 saturated carbocycles. The van der Waals surface area contributed by atoms with Crippen LogP contribution in [0, 0.1) is 5.92 Å². The summed E-state index contributed by atoms with van der Waals surface area (Å²) in [5, 5.41) is 10.5. The van der Waals surface area contributed by atoms with Crippen LogP contribution in [0.2, 0.25) is 5.02 Å². The van der Waals surface area contributed by atoms with Crippen LogP contribution in [0.15, 0.2) is 64.9 Å². The Balaban J connectivity index is 1.68. The minimum atomic E-state index is -4.02. The molecular weight excluding hydrogens is 682 g/mol. The molecule has 0 aliphatic carbocycles. The molecule has 0 spiro atoms. The first-order chi connectivity index (χ1) is 22.6. The number of likely N-dealkylation sites (N-methyl/N-ethyl adjacent to an activating group) is 1. The number of imidazole rings is 1. The van der Waals surface area contributed by atoms with Gasteiger partial charge in [-0.15, -0.1) is 0 Å². The molecule has 2 N–H and O–H groups in total. The van der Waals surface area contributed by atoms with Crippen molar-refractivity contribution in [3.63, 3.8) is 0 Å². The summed E-state index contributed by atoms with van der Waals surface area (Å²) < 4.78 is 70.7. The molecule has 264 valence electrons. The number of aliphatic hydroxyl groups excluding tert-OH is 1. The Labute approximate surface area is 287 Å². The molecule has 13 nitrogen and oxygen atoms in total. The third-order valence-electron chi connectivity index (χ3n) is 8.22. The summed E-state index contributed by atoms with van der Waals surface area (Å²) >= 11 is 5.94. The smallest absolute Gasteiger partial charge is 0.261 e. The Morgan fingerprint density at radius 2 is 1.83 bits per heavy atom. The van der Waals surface area contributed by atoms with Crippen LogP contribution in [-0.2, 0) is 31.8 Å². The van der Waals surface area contributed by atoms with E-state index in [4.69, 9.17) is 21.1 Å². The Kier molecular flexibility index (Phi) is 12.5. The number of aryl methyl sites for hydroxylation is 1. The zero-order valence-corrected chi connectivity index (χ0v) is 30.1. The monoisotopic (exact) mass is 725 g/mol. The number of carbonyl (C=O) groups is 1. The van der Waals surface area contributed by atoms with Crippen LogP contribution < -0.4 is 9.46 Å². The fraction of sp³-hybridized carbons (Fsp3) is 0.500. The lowest BCUT2D eigenvalue weighted by Crippen LogP contribution is -2.48. The summed E-state index contributed by atoms with van der Waals surface area (Å²) in [5.74, 6) is -0.610. The van der Waals surface area contributed by atoms with Crippen LogP contribution in [0.5, 0.6) is 5.75 Å². The predicted molar refractivity (Wildman–Crippen MR) is 182 cm³/mol. The number of nitrogens with zero attached hydrogens (tertiary/aromatic N) is 4. The summed E-state index contributed by atoms with van der Waals surface area (Å²) in [6.07, 6.45) is 4.04. The van der Waals surface area contributed by atoms with Crippen molar-refractivity contribution in [1.82, 2.24) is 18.8 Å². The largest absolute Gasteiger partial charge is 0.490 e. The lowest BCUT2D eigenvalue weighted by molar-refractivity contribution is -0.00835. The van der Waals surface area contributed by atoms with Crippen molar-refractivity contribution in [2.45, 2.75) is 68.2 Å². The first-order valence-electron chi connectivity index (χ1n) is 15.7. The number of fused-ring (bicyclic) bond motifs is 1. The number of hydrogen-bond donors (Lipinski definition) is 2. The molecule has 48 heavy (non-hydrogen) atoms. The summed E-state index contributed by atoms with van der Waals surface area (Å²) in [4.78, 5) is 19.8. The molecule has 0 saturated heterocycles. The molecule has 16 heteroatoms. The maximum atomic E-state index is 14.3. The van der Waals surface area contributed by atoms with Crippen LogP contribution >= 0.6 is 11.6 Å². The number of rotatable bonds is 9. The van der Waals surface area contributed by atoms with Crippen molar-refractivity contribution in [2.75, 3.05) is 38.1 Å². The Morgan fingerprint density at radius 1 is 1.12 bits per heavy atom. The van der Waals surface area contributed by atoms with Gasteiger partial charge in [0.1, 0.15) is 5.75 Å². The fourth-order valence-corrected chi connectivity index (χ4v) is 7.63. The van der Waals surface area contributed by atoms with E-state index in [9.17, 15) is 26.7 Å². The molecule has 4 atom stereocenters. The lowest BCUT2D eigenvalue weighted by Gasteiger charge is -2.35. The summed E-state index contributed by atoms with van der Waals surface area (Å²) in [6.45, 7) is 5.55. The molecule has 1 aliphatic heterocycles. The fourth-order valence-electron chi connectivity index (χ4n) is 5.31. The average molecular weight is 726 g/mol. The van der Waals surface area contributed by atoms with E-state index in [0.717, 1.165) is 6.42 Å². The number of benzene rings is 2. The number of anilines is 1. The van der Waals surface area contributed by atoms with Crippen molar-refractivity contribution >= 4 is 43.2 Å². The van der Waals surface area contributed by atoms with Gasteiger partial charge in [-0.2, -0.15) is 4.31 Å². The molecule has 1 aromatic heterocycles. The highest BCUT2D eigenvalue weighted by molar-refractivity contribution is 7.92. The van der Waals surface area contributed by atoms with Crippen molar-refractivity contribution in [2.24, 2.45) is 13.0 Å². The quantitative estimate of drug-likeness (QED) is 0.333. The molecule has 2 aromatic carbocycles. The van der Waals surface area contributed by atoms with Crippen LogP contribution in [0.25, 0.3) is 0 Å². The normalized spacial score (nSPS) is 20.9. The van der Waals surface area contributed by atoms with Gasteiger partial charge >= 0.3 is 0 Å². The van der Waals surface area contributed by atoms with E-state index in [1.54, 1.807) is 24.6 Å². The molecule has 1 aliphatic rings. The van der Waals surface area contributed by atoms with Gasteiger partial charge in [0, 0.05) is 56.6 Å². The van der Waals surface area contributed by atoms with Gasteiger partial charge in [0.05, 0.1) is 41.6 Å². The average Bonchev–Trinajstić information content (AvgIpc) is 3.49. The number of sulfonamides is 2. The minimum Gasteiger partial charge on any atom is -0.490 e. The zero-order chi connectivity index (χ0) is 35.2. The van der Waals surface area contributed by atoms with Gasteiger partial charge in [0.25, 0.3) is 26.0 Å². The number of carbonyl (C=O) groups excluding carboxylic acids is 1. The van der Waals surface area contributed by atoms with Crippen molar-refractivity contribution < 1.29 is 36.2 Å². The highest BCUT2D eigenvalue weighted by Crippen LogP contribution is 2.30. The summed E-state index contributed by atoms with van der Waals surface area (Å²) in [5.41, 5.74) is 0.247. The second kappa shape index (κ2) is 16.0. The topological polar surface area (TPSA) is 160 Å². The number of halogens is 1. The Morgan fingerprint density at radius 3 is 2.48 bits per heavy atom. The van der Waals surface area contributed by atoms with E-state index in [0.29, 0.717) is 24.5 Å². The maximum absolute atomic E-state index is 14.3. The lowest BCUT2D eigenvalue weighted by atomic mass is 10.0. The van der Waals surface area contributed by atoms with Crippen LogP contribution in [-0.4, -0.2) is 98.2 Å². The highest BCUT2D eigenvalue weighted by atomic mass is 35.5. The summed E-state index contributed by atoms with van der Waals surface area (Å²) in [7, 11) is -4.78. The van der Waals surface area contributed by atoms with Crippen molar-refractivity contribution in [3.05, 3.63) is 65.6 Å². The van der Waals surface area contributed by atoms with Crippen LogP contribution in [0.4, 0.5) is 5.69 Å². The van der Waals surface area contributed by atoms with Gasteiger partial charge in [0.2, 0.25) is 0 Å². The van der Waals surface area contributed by atoms with Gasteiger partial charge in [-0.1, -0.05) is 18.5 Å². The SMILES string of the molecule is C[C@@H]1CCCCO[C@@H](CN(C)S(=O)(=O)c2cn(C)cn2)[C@@H](C)CN([C@H](C)CO)C(=O)c2cc(NS(=O)(=O)c3ccc(Cl)cc3)ccc2O1. The molecule has 0 unspecified atom stereocenters. The van der Waals surface area contributed by atoms with E-state index >= 15 is 0 Å². The van der Waals surface area contributed by atoms with E-state index < -0.39 is 38.1 Å². The van der Waals surface area contributed by atoms with Gasteiger partial charge in [-0.05, 0) is 75.6 Å². The molecule has 0 fully saturated rings. The first-order valence-corrected chi connectivity index (χ1v) is 19.0. The first kappa shape index (κ1) is 37.6. The van der Waals surface area contributed by atoms with E-state index in [1.165, 1.54) is 65.2 Å². The number of nitrogens with one attached hydrogen (secondary N) is 1. The number of hydrogen-bond acceptors (Lipinski definition) is 9. The van der Waals surface area contributed by atoms with Gasteiger partial charge in [-0.3, -0.25) is 9.52 Å². The van der Waals surface area contributed by atoms with Crippen molar-refractivity contribution in [1.29, 1.82) is 0 Å². The van der Waals surface area contributed by atoms with Gasteiger partial charge in [0.15, 0.2) is 5.03 Å². The number of aliphatic hydroxyl groups is 1. The summed E-state index contributed by atoms with van der Waals surface area (Å²) in [6, 6.07) is 9.55. The highest BCUT2D eigenvalue weighted by Gasteiger charge is 2.33. The molecule has 4 rings (SSSR count).